The zero-order valence-electron chi connectivity index (χ0n) is 15.0. The summed E-state index contributed by atoms with van der Waals surface area (Å²) in [5.74, 6) is 0.538. The molecule has 0 spiro atoms. The lowest BCUT2D eigenvalue weighted by Gasteiger charge is -2.22. The fraction of sp³-hybridized carbons (Fsp3) is 0.368. The van der Waals surface area contributed by atoms with Gasteiger partial charge in [0.1, 0.15) is 5.75 Å². The second-order valence-corrected chi connectivity index (χ2v) is 6.73. The van der Waals surface area contributed by atoms with E-state index in [2.05, 4.69) is 21.4 Å². The van der Waals surface area contributed by atoms with E-state index < -0.39 is 0 Å². The summed E-state index contributed by atoms with van der Waals surface area (Å²) < 4.78 is 5.80. The molecule has 1 N–H and O–H groups in total. The molecule has 0 aliphatic rings. The van der Waals surface area contributed by atoms with E-state index >= 15 is 0 Å². The maximum atomic E-state index is 11.6. The number of hydrogen-bond donors (Lipinski definition) is 1. The van der Waals surface area contributed by atoms with Gasteiger partial charge in [0.25, 0.3) is 0 Å². The van der Waals surface area contributed by atoms with Gasteiger partial charge in [0, 0.05) is 12.0 Å². The highest BCUT2D eigenvalue weighted by atomic mass is 16.5. The quantitative estimate of drug-likeness (QED) is 0.883. The molecule has 1 amide bonds. The molecule has 0 aliphatic heterocycles. The van der Waals surface area contributed by atoms with E-state index in [4.69, 9.17) is 10.00 Å². The Morgan fingerprint density at radius 3 is 2.52 bits per heavy atom. The molecular formula is C19H22N4O2. The van der Waals surface area contributed by atoms with Crippen LogP contribution in [0.3, 0.4) is 0 Å². The molecule has 0 saturated carbocycles. The Hall–Kier alpha value is -2.94. The van der Waals surface area contributed by atoms with Gasteiger partial charge >= 0.3 is 6.01 Å². The molecule has 1 aromatic heterocycles. The monoisotopic (exact) mass is 338 g/mol. The number of ether oxygens (including phenoxy) is 1. The lowest BCUT2D eigenvalue weighted by molar-refractivity contribution is -0.116. The third-order valence-electron chi connectivity index (χ3n) is 3.51. The topological polar surface area (TPSA) is 87.9 Å². The minimum atomic E-state index is -0.198. The Morgan fingerprint density at radius 2 is 1.96 bits per heavy atom. The van der Waals surface area contributed by atoms with Crippen LogP contribution in [0, 0.1) is 11.3 Å². The van der Waals surface area contributed by atoms with Crippen molar-refractivity contribution in [2.75, 3.05) is 5.32 Å². The van der Waals surface area contributed by atoms with Crippen LogP contribution in [0.5, 0.6) is 11.8 Å². The number of hydrogen-bond acceptors (Lipinski definition) is 5. The van der Waals surface area contributed by atoms with Crippen molar-refractivity contribution in [1.82, 2.24) is 9.97 Å². The van der Waals surface area contributed by atoms with Crippen molar-refractivity contribution in [3.05, 3.63) is 41.7 Å². The maximum Gasteiger partial charge on any atom is 0.322 e. The standard InChI is InChI=1S/C19H22N4O2/c1-5-6-17(24)23-14-11-21-18(22-12-14)25-16-8-7-13(10-20)9-15(16)19(2,3)4/h7-9,11-12H,5-6H2,1-4H3,(H,23,24). The number of amides is 1. The first-order chi connectivity index (χ1) is 11.8. The fourth-order valence-electron chi connectivity index (χ4n) is 2.26. The number of anilines is 1. The van der Waals surface area contributed by atoms with Crippen molar-refractivity contribution in [3.8, 4) is 17.8 Å². The Kier molecular flexibility index (Phi) is 5.71. The summed E-state index contributed by atoms with van der Waals surface area (Å²) in [6.07, 6.45) is 4.26. The predicted molar refractivity (Wildman–Crippen MR) is 95.5 cm³/mol. The first-order valence-corrected chi connectivity index (χ1v) is 8.18. The fourth-order valence-corrected chi connectivity index (χ4v) is 2.26. The zero-order valence-corrected chi connectivity index (χ0v) is 15.0. The van der Waals surface area contributed by atoms with Crippen molar-refractivity contribution in [2.24, 2.45) is 0 Å². The van der Waals surface area contributed by atoms with Crippen LogP contribution in [0.4, 0.5) is 5.69 Å². The van der Waals surface area contributed by atoms with Crippen LogP contribution in [0.2, 0.25) is 0 Å². The van der Waals surface area contributed by atoms with Crippen LogP contribution >= 0.6 is 0 Å². The van der Waals surface area contributed by atoms with Gasteiger partial charge in [-0.3, -0.25) is 4.79 Å². The predicted octanol–water partition coefficient (Wildman–Crippen LogP) is 4.18. The molecule has 0 bridgehead atoms. The number of benzene rings is 1. The highest BCUT2D eigenvalue weighted by Crippen LogP contribution is 2.34. The van der Waals surface area contributed by atoms with Gasteiger partial charge in [0.05, 0.1) is 29.7 Å². The summed E-state index contributed by atoms with van der Waals surface area (Å²) in [4.78, 5) is 19.9. The van der Waals surface area contributed by atoms with Gasteiger partial charge in [-0.05, 0) is 30.0 Å². The van der Waals surface area contributed by atoms with Gasteiger partial charge in [-0.25, -0.2) is 9.97 Å². The molecule has 2 aromatic rings. The van der Waals surface area contributed by atoms with E-state index in [1.165, 1.54) is 12.4 Å². The largest absolute Gasteiger partial charge is 0.424 e. The van der Waals surface area contributed by atoms with E-state index in [-0.39, 0.29) is 17.3 Å². The molecule has 0 unspecified atom stereocenters. The number of carbonyl (C=O) groups excluding carboxylic acids is 1. The van der Waals surface area contributed by atoms with Crippen molar-refractivity contribution < 1.29 is 9.53 Å². The molecule has 6 nitrogen and oxygen atoms in total. The van der Waals surface area contributed by atoms with Crippen molar-refractivity contribution in [3.63, 3.8) is 0 Å². The summed E-state index contributed by atoms with van der Waals surface area (Å²) in [6.45, 7) is 8.08. The highest BCUT2D eigenvalue weighted by Gasteiger charge is 2.20. The van der Waals surface area contributed by atoms with Crippen LogP contribution in [0.1, 0.15) is 51.7 Å². The summed E-state index contributed by atoms with van der Waals surface area (Å²) in [7, 11) is 0. The van der Waals surface area contributed by atoms with E-state index in [0.717, 1.165) is 12.0 Å². The summed E-state index contributed by atoms with van der Waals surface area (Å²) in [6, 6.07) is 7.59. The van der Waals surface area contributed by atoms with Gasteiger partial charge in [-0.15, -0.1) is 0 Å². The van der Waals surface area contributed by atoms with E-state index in [1.807, 2.05) is 33.8 Å². The average molecular weight is 338 g/mol. The third-order valence-corrected chi connectivity index (χ3v) is 3.51. The number of nitrogens with zero attached hydrogens (tertiary/aromatic N) is 3. The Labute approximate surface area is 147 Å². The molecule has 130 valence electrons. The van der Waals surface area contributed by atoms with Gasteiger partial charge in [0.15, 0.2) is 0 Å². The first-order valence-electron chi connectivity index (χ1n) is 8.18. The number of carbonyl (C=O) groups is 1. The number of nitrogens with one attached hydrogen (secondary N) is 1. The normalized spacial score (nSPS) is 10.8. The molecule has 0 fully saturated rings. The minimum absolute atomic E-state index is 0.0677. The molecule has 0 atom stereocenters. The highest BCUT2D eigenvalue weighted by molar-refractivity contribution is 5.90. The molecule has 0 aliphatic carbocycles. The molecule has 25 heavy (non-hydrogen) atoms. The molecule has 0 saturated heterocycles. The molecule has 1 aromatic carbocycles. The molecule has 2 rings (SSSR count). The molecule has 0 radical (unpaired) electrons. The van der Waals surface area contributed by atoms with Crippen LogP contribution in [-0.2, 0) is 10.2 Å². The van der Waals surface area contributed by atoms with Crippen LogP contribution in [0.15, 0.2) is 30.6 Å². The average Bonchev–Trinajstić information content (AvgIpc) is 2.56. The summed E-state index contributed by atoms with van der Waals surface area (Å²) >= 11 is 0. The van der Waals surface area contributed by atoms with Gasteiger partial charge in [-0.2, -0.15) is 5.26 Å². The Morgan fingerprint density at radius 1 is 1.28 bits per heavy atom. The van der Waals surface area contributed by atoms with Crippen molar-refractivity contribution >= 4 is 11.6 Å². The molecular weight excluding hydrogens is 316 g/mol. The summed E-state index contributed by atoms with van der Waals surface area (Å²) in [5.41, 5.74) is 1.81. The first kappa shape index (κ1) is 18.4. The van der Waals surface area contributed by atoms with Gasteiger partial charge in [-0.1, -0.05) is 27.7 Å². The maximum absolute atomic E-state index is 11.6. The third kappa shape index (κ3) is 5.01. The van der Waals surface area contributed by atoms with Crippen LogP contribution < -0.4 is 10.1 Å². The van der Waals surface area contributed by atoms with Crippen molar-refractivity contribution in [2.45, 2.75) is 46.0 Å². The molecule has 6 heteroatoms. The van der Waals surface area contributed by atoms with Crippen LogP contribution in [0.25, 0.3) is 0 Å². The van der Waals surface area contributed by atoms with E-state index in [0.29, 0.717) is 23.4 Å². The SMILES string of the molecule is CCCC(=O)Nc1cnc(Oc2ccc(C#N)cc2C(C)(C)C)nc1. The Bertz CT molecular complexity index is 787. The zero-order chi connectivity index (χ0) is 18.4. The smallest absolute Gasteiger partial charge is 0.322 e. The molecule has 1 heterocycles. The van der Waals surface area contributed by atoms with E-state index in [1.54, 1.807) is 12.1 Å². The summed E-state index contributed by atoms with van der Waals surface area (Å²) in [5, 5.41) is 11.8. The lowest BCUT2D eigenvalue weighted by Crippen LogP contribution is -2.13. The second kappa shape index (κ2) is 7.75. The van der Waals surface area contributed by atoms with Gasteiger partial charge in [0.2, 0.25) is 5.91 Å². The number of aromatic nitrogens is 2. The number of nitriles is 1. The van der Waals surface area contributed by atoms with E-state index in [9.17, 15) is 4.79 Å². The Balaban J connectivity index is 2.20. The second-order valence-electron chi connectivity index (χ2n) is 6.73. The number of rotatable bonds is 5. The minimum Gasteiger partial charge on any atom is -0.424 e. The van der Waals surface area contributed by atoms with Crippen LogP contribution in [-0.4, -0.2) is 15.9 Å². The lowest BCUT2D eigenvalue weighted by atomic mass is 9.85. The van der Waals surface area contributed by atoms with Gasteiger partial charge < -0.3 is 10.1 Å². The van der Waals surface area contributed by atoms with Crippen molar-refractivity contribution in [1.29, 1.82) is 5.26 Å².